The minimum atomic E-state index is 0.145. The number of nitrogens with two attached hydrogens (primary N) is 2. The zero-order valence-electron chi connectivity index (χ0n) is 15.0. The fourth-order valence-corrected chi connectivity index (χ4v) is 6.27. The summed E-state index contributed by atoms with van der Waals surface area (Å²) in [5.41, 5.74) is 13.0. The lowest BCUT2D eigenvalue weighted by atomic mass is 9.52. The molecule has 142 valence electrons. The summed E-state index contributed by atoms with van der Waals surface area (Å²) in [4.78, 5) is 0. The number of rotatable bonds is 10. The summed E-state index contributed by atoms with van der Waals surface area (Å²) in [5, 5.41) is 0. The van der Waals surface area contributed by atoms with Gasteiger partial charge < -0.3 is 30.4 Å². The van der Waals surface area contributed by atoms with Crippen molar-refractivity contribution >= 4 is 0 Å². The van der Waals surface area contributed by atoms with Gasteiger partial charge in [-0.1, -0.05) is 0 Å². The van der Waals surface area contributed by atoms with Crippen molar-refractivity contribution < 1.29 is 18.9 Å². The maximum Gasteiger partial charge on any atom is 0.0815 e. The van der Waals surface area contributed by atoms with Gasteiger partial charge in [-0.05, 0) is 67.9 Å². The Morgan fingerprint density at radius 1 is 0.600 bits per heavy atom. The predicted molar refractivity (Wildman–Crippen MR) is 92.0 cm³/mol. The Balaban J connectivity index is 1.56. The molecule has 4 saturated heterocycles. The molecule has 5 aliphatic rings. The van der Waals surface area contributed by atoms with E-state index in [4.69, 9.17) is 30.4 Å². The predicted octanol–water partition coefficient (Wildman–Crippen LogP) is 0.668. The first-order chi connectivity index (χ1) is 12.2. The molecule has 25 heavy (non-hydrogen) atoms. The monoisotopic (exact) mass is 352 g/mol. The first kappa shape index (κ1) is 16.9. The van der Waals surface area contributed by atoms with Gasteiger partial charge in [-0.15, -0.1) is 0 Å². The van der Waals surface area contributed by atoms with E-state index < -0.39 is 0 Å². The van der Waals surface area contributed by atoms with Crippen LogP contribution in [0.2, 0.25) is 0 Å². The van der Waals surface area contributed by atoms with E-state index in [2.05, 4.69) is 0 Å². The van der Waals surface area contributed by atoms with Crippen LogP contribution in [0.5, 0.6) is 0 Å². The third-order valence-electron chi connectivity index (χ3n) is 7.67. The Kier molecular flexibility index (Phi) is 4.15. The van der Waals surface area contributed by atoms with E-state index >= 15 is 0 Å². The van der Waals surface area contributed by atoms with Crippen molar-refractivity contribution in [3.8, 4) is 0 Å². The molecule has 4 N–H and O–H groups in total. The fraction of sp³-hybridized carbons (Fsp3) is 1.00. The molecule has 6 atom stereocenters. The van der Waals surface area contributed by atoms with Crippen LogP contribution in [0.15, 0.2) is 0 Å². The number of ether oxygens (including phenoxy) is 4. The van der Waals surface area contributed by atoms with Gasteiger partial charge in [-0.2, -0.15) is 0 Å². The zero-order valence-corrected chi connectivity index (χ0v) is 15.0. The Hall–Kier alpha value is -0.240. The first-order valence-corrected chi connectivity index (χ1v) is 10.1. The second-order valence-corrected chi connectivity index (χ2v) is 9.05. The smallest absolute Gasteiger partial charge is 0.0815 e. The Morgan fingerprint density at radius 3 is 1.08 bits per heavy atom. The standard InChI is InChI=1S/C19H32N2O4/c20-6-12-1-13(7-21)19(4-16-10-24-16,5-17-11-25-17)18(12,2-14-8-22-14)3-15-9-23-15/h12-17H,1-11,20-21H2. The summed E-state index contributed by atoms with van der Waals surface area (Å²) in [5.74, 6) is 0.985. The topological polar surface area (TPSA) is 102 Å². The van der Waals surface area contributed by atoms with E-state index in [1.807, 2.05) is 0 Å². The van der Waals surface area contributed by atoms with Crippen LogP contribution in [0, 0.1) is 22.7 Å². The van der Waals surface area contributed by atoms with Crippen LogP contribution in [-0.4, -0.2) is 63.9 Å². The molecular weight excluding hydrogens is 320 g/mol. The third kappa shape index (κ3) is 3.05. The lowest BCUT2D eigenvalue weighted by Crippen LogP contribution is -2.50. The molecule has 0 aromatic heterocycles. The van der Waals surface area contributed by atoms with E-state index in [1.165, 1.54) is 0 Å². The average Bonchev–Trinajstić information content (AvgIpc) is 3.44. The van der Waals surface area contributed by atoms with Gasteiger partial charge in [-0.25, -0.2) is 0 Å². The van der Waals surface area contributed by atoms with Crippen molar-refractivity contribution in [1.82, 2.24) is 0 Å². The highest BCUT2D eigenvalue weighted by Crippen LogP contribution is 2.69. The Morgan fingerprint density at radius 2 is 0.880 bits per heavy atom. The molecule has 6 heteroatoms. The Labute approximate surface area is 149 Å². The van der Waals surface area contributed by atoms with Gasteiger partial charge in [0.1, 0.15) is 0 Å². The largest absolute Gasteiger partial charge is 0.373 e. The zero-order chi connectivity index (χ0) is 17.1. The van der Waals surface area contributed by atoms with Crippen LogP contribution >= 0.6 is 0 Å². The van der Waals surface area contributed by atoms with Gasteiger partial charge in [0.05, 0.1) is 50.8 Å². The van der Waals surface area contributed by atoms with Crippen LogP contribution in [0.3, 0.4) is 0 Å². The minimum absolute atomic E-state index is 0.145. The number of epoxide rings is 4. The van der Waals surface area contributed by atoms with Gasteiger partial charge in [-0.3, -0.25) is 0 Å². The molecule has 0 bridgehead atoms. The second kappa shape index (κ2) is 6.14. The highest BCUT2D eigenvalue weighted by molar-refractivity contribution is 5.16. The van der Waals surface area contributed by atoms with Gasteiger partial charge in [0, 0.05) is 0 Å². The maximum atomic E-state index is 6.35. The molecule has 0 aromatic rings. The molecule has 6 nitrogen and oxygen atoms in total. The van der Waals surface area contributed by atoms with Crippen molar-refractivity contribution in [3.05, 3.63) is 0 Å². The van der Waals surface area contributed by atoms with Crippen LogP contribution in [0.25, 0.3) is 0 Å². The molecule has 0 spiro atoms. The van der Waals surface area contributed by atoms with Crippen molar-refractivity contribution in [2.24, 2.45) is 34.1 Å². The SMILES string of the molecule is NCC1CC(CN)C(CC2CO2)(CC2CO2)C1(CC1CO1)CC1CO1. The molecule has 4 aliphatic heterocycles. The summed E-state index contributed by atoms with van der Waals surface area (Å²) < 4.78 is 22.9. The molecule has 4 heterocycles. The molecule has 1 saturated carbocycles. The molecule has 0 radical (unpaired) electrons. The summed E-state index contributed by atoms with van der Waals surface area (Å²) in [6.45, 7) is 5.05. The molecular formula is C19H32N2O4. The van der Waals surface area contributed by atoms with Crippen molar-refractivity contribution in [2.75, 3.05) is 39.5 Å². The highest BCUT2D eigenvalue weighted by atomic mass is 16.6. The van der Waals surface area contributed by atoms with E-state index in [1.54, 1.807) is 0 Å². The van der Waals surface area contributed by atoms with Gasteiger partial charge in [0.25, 0.3) is 0 Å². The van der Waals surface area contributed by atoms with Gasteiger partial charge in [0.2, 0.25) is 0 Å². The van der Waals surface area contributed by atoms with E-state index in [-0.39, 0.29) is 10.8 Å². The number of hydrogen-bond donors (Lipinski definition) is 2. The average molecular weight is 352 g/mol. The van der Waals surface area contributed by atoms with E-state index in [0.717, 1.165) is 71.6 Å². The van der Waals surface area contributed by atoms with Crippen LogP contribution in [-0.2, 0) is 18.9 Å². The summed E-state index contributed by atoms with van der Waals surface area (Å²) >= 11 is 0. The van der Waals surface area contributed by atoms with Crippen LogP contribution in [0.1, 0.15) is 32.1 Å². The lowest BCUT2D eigenvalue weighted by Gasteiger charge is -2.51. The normalized spacial score (nSPS) is 53.0. The second-order valence-electron chi connectivity index (χ2n) is 9.05. The van der Waals surface area contributed by atoms with E-state index in [9.17, 15) is 0 Å². The third-order valence-corrected chi connectivity index (χ3v) is 7.67. The quantitative estimate of drug-likeness (QED) is 0.560. The minimum Gasteiger partial charge on any atom is -0.373 e. The fourth-order valence-electron chi connectivity index (χ4n) is 6.27. The van der Waals surface area contributed by atoms with Crippen molar-refractivity contribution in [1.29, 1.82) is 0 Å². The first-order valence-electron chi connectivity index (χ1n) is 10.1. The maximum absolute atomic E-state index is 6.35. The van der Waals surface area contributed by atoms with Crippen molar-refractivity contribution in [2.45, 2.75) is 56.5 Å². The Bertz CT molecular complexity index is 428. The molecule has 6 unspecified atom stereocenters. The van der Waals surface area contributed by atoms with Gasteiger partial charge >= 0.3 is 0 Å². The molecule has 5 rings (SSSR count). The molecule has 5 fully saturated rings. The number of hydrogen-bond acceptors (Lipinski definition) is 6. The van der Waals surface area contributed by atoms with Crippen molar-refractivity contribution in [3.63, 3.8) is 0 Å². The lowest BCUT2D eigenvalue weighted by molar-refractivity contribution is -0.0436. The molecule has 0 amide bonds. The highest BCUT2D eigenvalue weighted by Gasteiger charge is 2.67. The van der Waals surface area contributed by atoms with E-state index in [0.29, 0.717) is 36.3 Å². The summed E-state index contributed by atoms with van der Waals surface area (Å²) in [7, 11) is 0. The van der Waals surface area contributed by atoms with Gasteiger partial charge in [0.15, 0.2) is 0 Å². The van der Waals surface area contributed by atoms with Crippen LogP contribution < -0.4 is 11.5 Å². The van der Waals surface area contributed by atoms with Crippen LogP contribution in [0.4, 0.5) is 0 Å². The summed E-state index contributed by atoms with van der Waals surface area (Å²) in [6, 6.07) is 0. The summed E-state index contributed by atoms with van der Waals surface area (Å²) in [6.07, 6.45) is 7.11. The molecule has 1 aliphatic carbocycles. The molecule has 0 aromatic carbocycles.